The molecule has 0 radical (unpaired) electrons. The molecule has 0 amide bonds. The number of allylic oxidation sites excluding steroid dienone is 1. The van der Waals surface area contributed by atoms with Crippen molar-refractivity contribution in [3.05, 3.63) is 77.5 Å². The molecule has 3 aliphatic heterocycles. The Morgan fingerprint density at radius 3 is 2.58 bits per heavy atom. The number of rotatable bonds is 6. The van der Waals surface area contributed by atoms with Crippen molar-refractivity contribution in [3.8, 4) is 0 Å². The third-order valence-electron chi connectivity index (χ3n) is 8.24. The molecule has 0 bridgehead atoms. The van der Waals surface area contributed by atoms with Gasteiger partial charge in [-0.15, -0.1) is 11.8 Å². The summed E-state index contributed by atoms with van der Waals surface area (Å²) in [7, 11) is 1.84. The number of thioether (sulfide) groups is 1. The monoisotopic (exact) mass is 542 g/mol. The molecule has 4 aliphatic rings. The van der Waals surface area contributed by atoms with Crippen molar-refractivity contribution in [2.24, 2.45) is 16.8 Å². The minimum atomic E-state index is -4.46. The molecule has 1 saturated carbocycles. The molecular formula is C30H37F3N4S. The Hall–Kier alpha value is -2.45. The first-order valence-electron chi connectivity index (χ1n) is 13.5. The van der Waals surface area contributed by atoms with Crippen LogP contribution in [0.2, 0.25) is 0 Å². The molecule has 2 atom stereocenters. The SMILES string of the molecule is C=C1N2C=C(CN3CCC[C@H](C)C3)C=C(C(F)(F)F)C2=CN1c1cccc(C(C(=NC)SC)C2CCC2)c1. The van der Waals surface area contributed by atoms with Crippen molar-refractivity contribution in [2.75, 3.05) is 37.8 Å². The molecule has 0 N–H and O–H groups in total. The molecule has 5 rings (SSSR count). The third kappa shape index (κ3) is 5.34. The van der Waals surface area contributed by atoms with Gasteiger partial charge in [0.05, 0.1) is 16.3 Å². The lowest BCUT2D eigenvalue weighted by molar-refractivity contribution is -0.0909. The molecule has 8 heteroatoms. The number of hydrogen-bond acceptors (Lipinski definition) is 5. The molecule has 0 aromatic heterocycles. The van der Waals surface area contributed by atoms with E-state index in [0.29, 0.717) is 29.8 Å². The number of piperidine rings is 1. The summed E-state index contributed by atoms with van der Waals surface area (Å²) in [6.07, 6.45) is 8.17. The molecule has 1 aromatic carbocycles. The number of hydrogen-bond donors (Lipinski definition) is 0. The van der Waals surface area contributed by atoms with Gasteiger partial charge in [-0.1, -0.05) is 32.1 Å². The van der Waals surface area contributed by atoms with Gasteiger partial charge in [0.15, 0.2) is 0 Å². The topological polar surface area (TPSA) is 22.1 Å². The highest BCUT2D eigenvalue weighted by Crippen LogP contribution is 2.46. The van der Waals surface area contributed by atoms with Crippen molar-refractivity contribution in [2.45, 2.75) is 51.1 Å². The van der Waals surface area contributed by atoms with Crippen LogP contribution in [0.4, 0.5) is 18.9 Å². The highest BCUT2D eigenvalue weighted by atomic mass is 32.2. The van der Waals surface area contributed by atoms with Crippen molar-refractivity contribution in [1.82, 2.24) is 9.80 Å². The summed E-state index contributed by atoms with van der Waals surface area (Å²) in [6.45, 7) is 8.77. The highest BCUT2D eigenvalue weighted by molar-refractivity contribution is 8.13. The predicted octanol–water partition coefficient (Wildman–Crippen LogP) is 7.51. The van der Waals surface area contributed by atoms with E-state index in [1.165, 1.54) is 31.8 Å². The van der Waals surface area contributed by atoms with Crippen molar-refractivity contribution in [1.29, 1.82) is 0 Å². The van der Waals surface area contributed by atoms with Crippen LogP contribution in [-0.2, 0) is 0 Å². The Bertz CT molecular complexity index is 1190. The maximum atomic E-state index is 14.3. The molecule has 4 nitrogen and oxygen atoms in total. The van der Waals surface area contributed by atoms with Crippen LogP contribution >= 0.6 is 11.8 Å². The van der Waals surface area contributed by atoms with Gasteiger partial charge < -0.3 is 9.80 Å². The first kappa shape index (κ1) is 27.1. The van der Waals surface area contributed by atoms with Crippen molar-refractivity contribution >= 4 is 22.5 Å². The molecule has 1 aromatic rings. The minimum absolute atomic E-state index is 0.124. The number of fused-ring (bicyclic) bond motifs is 1. The van der Waals surface area contributed by atoms with Crippen LogP contribution in [0.5, 0.6) is 0 Å². The van der Waals surface area contributed by atoms with Crippen LogP contribution in [0.3, 0.4) is 0 Å². The minimum Gasteiger partial charge on any atom is -0.301 e. The second kappa shape index (κ2) is 11.0. The normalized spacial score (nSPS) is 24.1. The summed E-state index contributed by atoms with van der Waals surface area (Å²) in [5.74, 6) is 1.82. The van der Waals surface area contributed by atoms with Crippen molar-refractivity contribution < 1.29 is 13.2 Å². The Kier molecular flexibility index (Phi) is 7.83. The molecule has 2 fully saturated rings. The maximum Gasteiger partial charge on any atom is 0.418 e. The van der Waals surface area contributed by atoms with E-state index in [0.717, 1.165) is 35.8 Å². The number of nitrogens with zero attached hydrogens (tertiary/aromatic N) is 4. The molecule has 1 aliphatic carbocycles. The number of anilines is 1. The van der Waals surface area contributed by atoms with Gasteiger partial charge in [-0.3, -0.25) is 9.89 Å². The van der Waals surface area contributed by atoms with E-state index < -0.39 is 11.7 Å². The van der Waals surface area contributed by atoms with Gasteiger partial charge in [0, 0.05) is 44.1 Å². The molecule has 0 spiro atoms. The van der Waals surface area contributed by atoms with E-state index in [9.17, 15) is 13.2 Å². The molecule has 3 heterocycles. The lowest BCUT2D eigenvalue weighted by atomic mass is 9.73. The summed E-state index contributed by atoms with van der Waals surface area (Å²) in [5, 5.41) is 1.10. The van der Waals surface area contributed by atoms with E-state index in [2.05, 4.69) is 41.8 Å². The van der Waals surface area contributed by atoms with E-state index in [-0.39, 0.29) is 11.6 Å². The Balaban J connectivity index is 1.46. The zero-order valence-electron chi connectivity index (χ0n) is 22.5. The summed E-state index contributed by atoms with van der Waals surface area (Å²) >= 11 is 1.68. The Morgan fingerprint density at radius 2 is 1.95 bits per heavy atom. The average molecular weight is 543 g/mol. The number of halogens is 3. The lowest BCUT2D eigenvalue weighted by Crippen LogP contribution is -2.36. The second-order valence-corrected chi connectivity index (χ2v) is 11.8. The first-order chi connectivity index (χ1) is 18.2. The van der Waals surface area contributed by atoms with Gasteiger partial charge in [0.2, 0.25) is 0 Å². The fourth-order valence-electron chi connectivity index (χ4n) is 6.16. The van der Waals surface area contributed by atoms with Gasteiger partial charge in [0.1, 0.15) is 5.82 Å². The summed E-state index contributed by atoms with van der Waals surface area (Å²) < 4.78 is 42.8. The van der Waals surface area contributed by atoms with Gasteiger partial charge in [0.25, 0.3) is 0 Å². The van der Waals surface area contributed by atoms with Gasteiger partial charge in [-0.25, -0.2) is 0 Å². The number of aliphatic imine (C=N–C) groups is 1. The second-order valence-electron chi connectivity index (χ2n) is 10.9. The van der Waals surface area contributed by atoms with Crippen LogP contribution < -0.4 is 4.90 Å². The lowest BCUT2D eigenvalue weighted by Gasteiger charge is -2.35. The summed E-state index contributed by atoms with van der Waals surface area (Å²) in [4.78, 5) is 10.2. The van der Waals surface area contributed by atoms with E-state index in [1.807, 2.05) is 25.4 Å². The first-order valence-corrected chi connectivity index (χ1v) is 14.7. The van der Waals surface area contributed by atoms with Crippen LogP contribution in [0, 0.1) is 11.8 Å². The van der Waals surface area contributed by atoms with Crippen LogP contribution in [0.1, 0.15) is 50.5 Å². The molecule has 38 heavy (non-hydrogen) atoms. The quantitative estimate of drug-likeness (QED) is 0.274. The van der Waals surface area contributed by atoms with Crippen LogP contribution in [-0.4, -0.2) is 54.0 Å². The Labute approximate surface area is 228 Å². The van der Waals surface area contributed by atoms with Gasteiger partial charge in [-0.05, 0) is 79.7 Å². The number of benzene rings is 1. The largest absolute Gasteiger partial charge is 0.418 e. The van der Waals surface area contributed by atoms with E-state index in [4.69, 9.17) is 0 Å². The Morgan fingerprint density at radius 1 is 1.16 bits per heavy atom. The van der Waals surface area contributed by atoms with E-state index in [1.54, 1.807) is 27.8 Å². The zero-order valence-corrected chi connectivity index (χ0v) is 23.3. The third-order valence-corrected chi connectivity index (χ3v) is 9.10. The average Bonchev–Trinajstić information content (AvgIpc) is 3.18. The molecule has 1 unspecified atom stereocenters. The fourth-order valence-corrected chi connectivity index (χ4v) is 6.93. The summed E-state index contributed by atoms with van der Waals surface area (Å²) in [5.41, 5.74) is 2.14. The van der Waals surface area contributed by atoms with Gasteiger partial charge >= 0.3 is 6.18 Å². The fraction of sp³-hybridized carbons (Fsp3) is 0.500. The number of likely N-dealkylation sites (tertiary alicyclic amines) is 1. The zero-order chi connectivity index (χ0) is 27.0. The smallest absolute Gasteiger partial charge is 0.301 e. The van der Waals surface area contributed by atoms with Crippen LogP contribution in [0.15, 0.2) is 77.0 Å². The predicted molar refractivity (Wildman–Crippen MR) is 152 cm³/mol. The number of alkyl halides is 3. The highest BCUT2D eigenvalue weighted by Gasteiger charge is 2.43. The summed E-state index contributed by atoms with van der Waals surface area (Å²) in [6, 6.07) is 8.15. The maximum absolute atomic E-state index is 14.3. The van der Waals surface area contributed by atoms with E-state index >= 15 is 0 Å². The van der Waals surface area contributed by atoms with Crippen LogP contribution in [0.25, 0.3) is 0 Å². The standard InChI is InChI=1S/C30H37F3N4S/c1-20-8-7-13-35(16-20)17-22-14-26(30(31,32)33)27-19-36(21(2)37(27)18-22)25-12-6-11-24(15-25)28(23-9-5-10-23)29(34-3)38-4/h6,11-12,14-15,18-20,23,28H,2,5,7-10,13,16-17H2,1,3-4H3/t20-,28?/m0/s1. The van der Waals surface area contributed by atoms with Gasteiger partial charge in [-0.2, -0.15) is 13.2 Å². The molecule has 204 valence electrons. The van der Waals surface area contributed by atoms with Crippen molar-refractivity contribution in [3.63, 3.8) is 0 Å². The molecule has 1 saturated heterocycles. The molecular weight excluding hydrogens is 505 g/mol.